The molecule has 4 heteroatoms. The number of fused-ring (bicyclic) bond motifs is 1. The summed E-state index contributed by atoms with van der Waals surface area (Å²) in [5, 5.41) is 0. The van der Waals surface area contributed by atoms with E-state index in [2.05, 4.69) is 27.8 Å². The van der Waals surface area contributed by atoms with Crippen LogP contribution in [-0.2, 0) is 10.2 Å². The molecule has 0 bridgehead atoms. The summed E-state index contributed by atoms with van der Waals surface area (Å²) in [4.78, 5) is 18.4. The summed E-state index contributed by atoms with van der Waals surface area (Å²) >= 11 is 0. The molecule has 0 N–H and O–H groups in total. The molecule has 4 rings (SSSR count). The van der Waals surface area contributed by atoms with Crippen molar-refractivity contribution in [3.05, 3.63) is 42.0 Å². The lowest BCUT2D eigenvalue weighted by atomic mass is 9.86. The van der Waals surface area contributed by atoms with Gasteiger partial charge >= 0.3 is 0 Å². The molecule has 4 nitrogen and oxygen atoms in total. The molecule has 21 heavy (non-hydrogen) atoms. The minimum Gasteiger partial charge on any atom is -0.314 e. The summed E-state index contributed by atoms with van der Waals surface area (Å²) in [6.45, 7) is 3.98. The van der Waals surface area contributed by atoms with Crippen molar-refractivity contribution in [3.8, 4) is 5.69 Å². The van der Waals surface area contributed by atoms with Gasteiger partial charge < -0.3 is 9.47 Å². The number of carbonyl (C=O) groups is 1. The highest BCUT2D eigenvalue weighted by Crippen LogP contribution is 2.43. The highest BCUT2D eigenvalue weighted by atomic mass is 16.2. The molecule has 0 atom stereocenters. The highest BCUT2D eigenvalue weighted by Gasteiger charge is 2.42. The van der Waals surface area contributed by atoms with E-state index in [0.717, 1.165) is 16.9 Å². The van der Waals surface area contributed by atoms with Crippen LogP contribution in [0.5, 0.6) is 0 Å². The van der Waals surface area contributed by atoms with Gasteiger partial charge in [0.15, 0.2) is 0 Å². The Hall–Kier alpha value is -2.10. The van der Waals surface area contributed by atoms with E-state index in [0.29, 0.717) is 5.92 Å². The minimum atomic E-state index is -0.434. The molecule has 1 fully saturated rings. The number of likely N-dealkylation sites (N-methyl/N-ethyl adjacent to an activating group) is 1. The maximum Gasteiger partial charge on any atom is 0.236 e. The fourth-order valence-electron chi connectivity index (χ4n) is 3.32. The first-order chi connectivity index (χ1) is 10.00. The highest BCUT2D eigenvalue weighted by molar-refractivity contribution is 6.07. The minimum absolute atomic E-state index is 0.155. The Kier molecular flexibility index (Phi) is 2.39. The SMILES string of the molecule is CN1C(=O)C(C)(C)c2ccc(-n3cncc3C3CC3)cc21. The number of imidazole rings is 1. The third kappa shape index (κ3) is 1.68. The van der Waals surface area contributed by atoms with Crippen LogP contribution in [0.4, 0.5) is 5.69 Å². The van der Waals surface area contributed by atoms with Crippen LogP contribution in [0.2, 0.25) is 0 Å². The van der Waals surface area contributed by atoms with Crippen LogP contribution in [0.15, 0.2) is 30.7 Å². The molecule has 0 spiro atoms. The van der Waals surface area contributed by atoms with Crippen molar-refractivity contribution in [2.75, 3.05) is 11.9 Å². The Morgan fingerprint density at radius 2 is 2.05 bits per heavy atom. The zero-order valence-corrected chi connectivity index (χ0v) is 12.6. The van der Waals surface area contributed by atoms with Gasteiger partial charge in [-0.05, 0) is 44.4 Å². The van der Waals surface area contributed by atoms with E-state index in [-0.39, 0.29) is 5.91 Å². The van der Waals surface area contributed by atoms with Crippen molar-refractivity contribution in [1.29, 1.82) is 0 Å². The summed E-state index contributed by atoms with van der Waals surface area (Å²) in [5.74, 6) is 0.805. The predicted octanol–water partition coefficient (Wildman–Crippen LogP) is 3.00. The number of hydrogen-bond acceptors (Lipinski definition) is 2. The van der Waals surface area contributed by atoms with Crippen molar-refractivity contribution in [1.82, 2.24) is 9.55 Å². The molecule has 1 aliphatic heterocycles. The van der Waals surface area contributed by atoms with Gasteiger partial charge in [0.25, 0.3) is 0 Å². The van der Waals surface area contributed by atoms with Gasteiger partial charge in [-0.3, -0.25) is 4.79 Å². The second-order valence-corrected chi connectivity index (χ2v) is 6.65. The lowest BCUT2D eigenvalue weighted by molar-refractivity contribution is -0.121. The van der Waals surface area contributed by atoms with Gasteiger partial charge in [0.05, 0.1) is 11.7 Å². The van der Waals surface area contributed by atoms with Crippen molar-refractivity contribution in [3.63, 3.8) is 0 Å². The molecule has 0 saturated heterocycles. The molecular formula is C17H19N3O. The molecular weight excluding hydrogens is 262 g/mol. The van der Waals surface area contributed by atoms with E-state index in [1.165, 1.54) is 18.5 Å². The zero-order valence-electron chi connectivity index (χ0n) is 12.6. The zero-order chi connectivity index (χ0) is 14.8. The number of anilines is 1. The quantitative estimate of drug-likeness (QED) is 0.848. The van der Waals surface area contributed by atoms with Crippen LogP contribution < -0.4 is 4.90 Å². The summed E-state index contributed by atoms with van der Waals surface area (Å²) in [6.07, 6.45) is 6.34. The molecule has 2 heterocycles. The number of rotatable bonds is 2. The molecule has 2 aromatic rings. The van der Waals surface area contributed by atoms with Gasteiger partial charge in [0, 0.05) is 36.2 Å². The van der Waals surface area contributed by atoms with Crippen molar-refractivity contribution in [2.45, 2.75) is 38.0 Å². The molecule has 2 aliphatic rings. The topological polar surface area (TPSA) is 38.1 Å². The fourth-order valence-corrected chi connectivity index (χ4v) is 3.32. The van der Waals surface area contributed by atoms with E-state index < -0.39 is 5.41 Å². The van der Waals surface area contributed by atoms with E-state index in [9.17, 15) is 4.79 Å². The average Bonchev–Trinajstić information content (AvgIpc) is 3.18. The van der Waals surface area contributed by atoms with Gasteiger partial charge in [-0.1, -0.05) is 6.07 Å². The first-order valence-electron chi connectivity index (χ1n) is 7.45. The summed E-state index contributed by atoms with van der Waals surface area (Å²) in [7, 11) is 1.86. The Morgan fingerprint density at radius 3 is 2.76 bits per heavy atom. The number of aromatic nitrogens is 2. The Labute approximate surface area is 124 Å². The van der Waals surface area contributed by atoms with E-state index in [4.69, 9.17) is 0 Å². The summed E-state index contributed by atoms with van der Waals surface area (Å²) in [6, 6.07) is 6.29. The fraction of sp³-hybridized carbons (Fsp3) is 0.412. The molecule has 1 amide bonds. The molecule has 1 saturated carbocycles. The standard InChI is InChI=1S/C17H19N3O/c1-17(2)13-7-6-12(8-14(13)19(3)16(17)21)20-10-18-9-15(20)11-4-5-11/h6-11H,4-5H2,1-3H3. The Morgan fingerprint density at radius 1 is 1.29 bits per heavy atom. The predicted molar refractivity (Wildman–Crippen MR) is 82.0 cm³/mol. The van der Waals surface area contributed by atoms with E-state index in [1.807, 2.05) is 33.4 Å². The van der Waals surface area contributed by atoms with Gasteiger partial charge in [0.2, 0.25) is 5.91 Å². The summed E-state index contributed by atoms with van der Waals surface area (Å²) < 4.78 is 2.15. The van der Waals surface area contributed by atoms with E-state index in [1.54, 1.807) is 4.90 Å². The average molecular weight is 281 g/mol. The van der Waals surface area contributed by atoms with E-state index >= 15 is 0 Å². The van der Waals surface area contributed by atoms with Gasteiger partial charge in [-0.15, -0.1) is 0 Å². The molecule has 108 valence electrons. The molecule has 1 aliphatic carbocycles. The summed E-state index contributed by atoms with van der Waals surface area (Å²) in [5.41, 5.74) is 4.05. The second-order valence-electron chi connectivity index (χ2n) is 6.65. The first kappa shape index (κ1) is 12.6. The third-order valence-corrected chi connectivity index (χ3v) is 4.80. The number of hydrogen-bond donors (Lipinski definition) is 0. The van der Waals surface area contributed by atoms with Crippen molar-refractivity contribution < 1.29 is 4.79 Å². The van der Waals surface area contributed by atoms with Crippen LogP contribution in [-0.4, -0.2) is 22.5 Å². The monoisotopic (exact) mass is 281 g/mol. The van der Waals surface area contributed by atoms with Gasteiger partial charge in [0.1, 0.15) is 0 Å². The molecule has 1 aromatic heterocycles. The third-order valence-electron chi connectivity index (χ3n) is 4.80. The van der Waals surface area contributed by atoms with Gasteiger partial charge in [-0.25, -0.2) is 4.98 Å². The van der Waals surface area contributed by atoms with Gasteiger partial charge in [-0.2, -0.15) is 0 Å². The lowest BCUT2D eigenvalue weighted by Crippen LogP contribution is -2.33. The van der Waals surface area contributed by atoms with Crippen LogP contribution >= 0.6 is 0 Å². The second kappa shape index (κ2) is 3.97. The molecule has 1 aromatic carbocycles. The first-order valence-corrected chi connectivity index (χ1v) is 7.45. The smallest absolute Gasteiger partial charge is 0.236 e. The lowest BCUT2D eigenvalue weighted by Gasteiger charge is -2.16. The van der Waals surface area contributed by atoms with Crippen LogP contribution in [0.3, 0.4) is 0 Å². The van der Waals surface area contributed by atoms with Crippen LogP contribution in [0.1, 0.15) is 43.9 Å². The Bertz CT molecular complexity index is 740. The Balaban J connectivity index is 1.84. The largest absolute Gasteiger partial charge is 0.314 e. The maximum atomic E-state index is 12.4. The number of carbonyl (C=O) groups excluding carboxylic acids is 1. The number of amides is 1. The van der Waals surface area contributed by atoms with Crippen LogP contribution in [0, 0.1) is 0 Å². The maximum absolute atomic E-state index is 12.4. The van der Waals surface area contributed by atoms with Crippen LogP contribution in [0.25, 0.3) is 5.69 Å². The molecule has 0 unspecified atom stereocenters. The van der Waals surface area contributed by atoms with Crippen molar-refractivity contribution in [2.24, 2.45) is 0 Å². The molecule has 0 radical (unpaired) electrons. The number of benzene rings is 1. The normalized spacial score (nSPS) is 20.0. The van der Waals surface area contributed by atoms with Crippen molar-refractivity contribution >= 4 is 11.6 Å². The number of nitrogens with zero attached hydrogens (tertiary/aromatic N) is 3.